The molecule has 4 rings (SSSR count). The number of nitrogens with zero attached hydrogens (tertiary/aromatic N) is 2. The fourth-order valence-electron chi connectivity index (χ4n) is 4.31. The molecule has 1 saturated carbocycles. The van der Waals surface area contributed by atoms with Gasteiger partial charge in [-0.1, -0.05) is 37.3 Å². The first-order valence-electron chi connectivity index (χ1n) is 8.87. The second-order valence-electron chi connectivity index (χ2n) is 7.35. The van der Waals surface area contributed by atoms with E-state index in [2.05, 4.69) is 28.9 Å². The third-order valence-corrected chi connectivity index (χ3v) is 5.86. The van der Waals surface area contributed by atoms with Gasteiger partial charge >= 0.3 is 0 Å². The molecule has 4 heteroatoms. The normalized spacial score (nSPS) is 30.4. The molecule has 1 amide bonds. The van der Waals surface area contributed by atoms with Gasteiger partial charge < -0.3 is 9.64 Å². The lowest BCUT2D eigenvalue weighted by molar-refractivity contribution is -0.133. The summed E-state index contributed by atoms with van der Waals surface area (Å²) in [5, 5.41) is 0. The highest BCUT2D eigenvalue weighted by Crippen LogP contribution is 2.50. The van der Waals surface area contributed by atoms with Gasteiger partial charge in [0.15, 0.2) is 0 Å². The fraction of sp³-hybridized carbons (Fsp3) is 0.632. The molecular weight excluding hydrogens is 288 g/mol. The number of carbonyl (C=O) groups excluding carboxylic acids is 1. The second-order valence-corrected chi connectivity index (χ2v) is 7.35. The van der Waals surface area contributed by atoms with Gasteiger partial charge in [-0.15, -0.1) is 0 Å². The zero-order chi connectivity index (χ0) is 15.9. The van der Waals surface area contributed by atoms with Crippen molar-refractivity contribution in [2.45, 2.75) is 31.2 Å². The number of benzene rings is 1. The molecule has 0 radical (unpaired) electrons. The Morgan fingerprint density at radius 3 is 2.48 bits per heavy atom. The van der Waals surface area contributed by atoms with Crippen LogP contribution >= 0.6 is 0 Å². The lowest BCUT2D eigenvalue weighted by Crippen LogP contribution is -2.47. The molecule has 2 atom stereocenters. The van der Waals surface area contributed by atoms with Gasteiger partial charge in [0.1, 0.15) is 0 Å². The van der Waals surface area contributed by atoms with Gasteiger partial charge in [-0.05, 0) is 24.3 Å². The molecule has 1 aromatic carbocycles. The maximum absolute atomic E-state index is 13.2. The topological polar surface area (TPSA) is 32.8 Å². The number of amides is 1. The van der Waals surface area contributed by atoms with Crippen LogP contribution < -0.4 is 0 Å². The van der Waals surface area contributed by atoms with Gasteiger partial charge in [0.05, 0.1) is 18.6 Å². The zero-order valence-electron chi connectivity index (χ0n) is 13.9. The van der Waals surface area contributed by atoms with Gasteiger partial charge in [-0.25, -0.2) is 0 Å². The van der Waals surface area contributed by atoms with Crippen LogP contribution in [0.1, 0.15) is 25.3 Å². The molecule has 3 aliphatic rings. The average Bonchev–Trinajstić information content (AvgIpc) is 3.33. The van der Waals surface area contributed by atoms with E-state index in [0.717, 1.165) is 52.2 Å². The van der Waals surface area contributed by atoms with Crippen molar-refractivity contribution in [2.24, 2.45) is 5.92 Å². The molecular formula is C19H26N2O2. The summed E-state index contributed by atoms with van der Waals surface area (Å²) in [5.41, 5.74) is 0.980. The van der Waals surface area contributed by atoms with E-state index in [4.69, 9.17) is 4.74 Å². The Kier molecular flexibility index (Phi) is 3.90. The number of morpholine rings is 1. The Balaban J connectivity index is 1.48. The summed E-state index contributed by atoms with van der Waals surface area (Å²) in [7, 11) is 0. The number of rotatable bonds is 3. The van der Waals surface area contributed by atoms with E-state index >= 15 is 0 Å². The second kappa shape index (κ2) is 5.91. The number of carbonyl (C=O) groups is 1. The van der Waals surface area contributed by atoms with Crippen LogP contribution in [0.4, 0.5) is 0 Å². The highest BCUT2D eigenvalue weighted by molar-refractivity contribution is 5.91. The number of likely N-dealkylation sites (tertiary alicyclic amines) is 1. The third-order valence-electron chi connectivity index (χ3n) is 5.86. The minimum atomic E-state index is -0.221. The van der Waals surface area contributed by atoms with Crippen molar-refractivity contribution in [3.63, 3.8) is 0 Å². The lowest BCUT2D eigenvalue weighted by Gasteiger charge is -2.34. The average molecular weight is 314 g/mol. The summed E-state index contributed by atoms with van der Waals surface area (Å²) in [4.78, 5) is 17.8. The van der Waals surface area contributed by atoms with E-state index in [0.29, 0.717) is 17.9 Å². The van der Waals surface area contributed by atoms with E-state index in [1.165, 1.54) is 5.56 Å². The molecule has 0 N–H and O–H groups in total. The molecule has 124 valence electrons. The Hall–Kier alpha value is -1.39. The van der Waals surface area contributed by atoms with Crippen molar-refractivity contribution in [3.8, 4) is 0 Å². The van der Waals surface area contributed by atoms with Gasteiger partial charge in [-0.2, -0.15) is 0 Å². The maximum atomic E-state index is 13.2. The lowest BCUT2D eigenvalue weighted by atomic mass is 9.94. The molecule has 0 spiro atoms. The van der Waals surface area contributed by atoms with Crippen molar-refractivity contribution in [3.05, 3.63) is 35.9 Å². The van der Waals surface area contributed by atoms with Crippen LogP contribution in [0.5, 0.6) is 0 Å². The fourth-order valence-corrected chi connectivity index (χ4v) is 4.31. The summed E-state index contributed by atoms with van der Waals surface area (Å²) in [6.45, 7) is 7.72. The quantitative estimate of drug-likeness (QED) is 0.854. The molecule has 2 aliphatic heterocycles. The van der Waals surface area contributed by atoms with Crippen LogP contribution in [-0.4, -0.2) is 61.1 Å². The number of hydrogen-bond acceptors (Lipinski definition) is 3. The van der Waals surface area contributed by atoms with E-state index in [9.17, 15) is 4.79 Å². The van der Waals surface area contributed by atoms with Gasteiger partial charge in [0.2, 0.25) is 5.91 Å². The van der Waals surface area contributed by atoms with Crippen LogP contribution in [-0.2, 0) is 14.9 Å². The van der Waals surface area contributed by atoms with Gasteiger partial charge in [0.25, 0.3) is 0 Å². The first kappa shape index (κ1) is 15.2. The maximum Gasteiger partial charge on any atom is 0.233 e. The summed E-state index contributed by atoms with van der Waals surface area (Å²) in [6.07, 6.45) is 2.01. The van der Waals surface area contributed by atoms with Crippen LogP contribution in [0.3, 0.4) is 0 Å². The van der Waals surface area contributed by atoms with Crippen molar-refractivity contribution in [1.82, 2.24) is 9.80 Å². The zero-order valence-corrected chi connectivity index (χ0v) is 13.9. The molecule has 2 heterocycles. The first-order valence-corrected chi connectivity index (χ1v) is 8.87. The van der Waals surface area contributed by atoms with E-state index in [-0.39, 0.29) is 5.41 Å². The van der Waals surface area contributed by atoms with Crippen LogP contribution in [0.15, 0.2) is 30.3 Å². The molecule has 23 heavy (non-hydrogen) atoms. The van der Waals surface area contributed by atoms with Crippen molar-refractivity contribution >= 4 is 5.91 Å². The summed E-state index contributed by atoms with van der Waals surface area (Å²) >= 11 is 0. The minimum Gasteiger partial charge on any atom is -0.379 e. The van der Waals surface area contributed by atoms with Crippen molar-refractivity contribution in [2.75, 3.05) is 39.4 Å². The third kappa shape index (κ3) is 2.68. The summed E-state index contributed by atoms with van der Waals surface area (Å²) in [6, 6.07) is 10.8. The first-order chi connectivity index (χ1) is 11.2. The standard InChI is InChI=1S/C19H26N2O2/c1-15-13-21(14-17(15)20-9-11-23-12-10-20)18(22)19(7-8-19)16-5-3-2-4-6-16/h2-6,15,17H,7-14H2,1H3/t15-,17+/m1/s1. The molecule has 3 fully saturated rings. The number of ether oxygens (including phenoxy) is 1. The van der Waals surface area contributed by atoms with Crippen LogP contribution in [0.25, 0.3) is 0 Å². The largest absolute Gasteiger partial charge is 0.379 e. The van der Waals surface area contributed by atoms with E-state index < -0.39 is 0 Å². The van der Waals surface area contributed by atoms with Crippen molar-refractivity contribution in [1.29, 1.82) is 0 Å². The van der Waals surface area contributed by atoms with E-state index in [1.807, 2.05) is 18.2 Å². The van der Waals surface area contributed by atoms with E-state index in [1.54, 1.807) is 0 Å². The highest BCUT2D eigenvalue weighted by Gasteiger charge is 2.54. The molecule has 1 aliphatic carbocycles. The minimum absolute atomic E-state index is 0.221. The van der Waals surface area contributed by atoms with Gasteiger partial charge in [0, 0.05) is 32.2 Å². The summed E-state index contributed by atoms with van der Waals surface area (Å²) < 4.78 is 5.47. The smallest absolute Gasteiger partial charge is 0.233 e. The number of hydrogen-bond donors (Lipinski definition) is 0. The monoisotopic (exact) mass is 314 g/mol. The molecule has 4 nitrogen and oxygen atoms in total. The Labute approximate surface area is 138 Å². The van der Waals surface area contributed by atoms with Crippen molar-refractivity contribution < 1.29 is 9.53 Å². The molecule has 0 unspecified atom stereocenters. The predicted octanol–water partition coefficient (Wildman–Crippen LogP) is 1.90. The van der Waals surface area contributed by atoms with Gasteiger partial charge in [-0.3, -0.25) is 9.69 Å². The molecule has 0 bridgehead atoms. The summed E-state index contributed by atoms with van der Waals surface area (Å²) in [5.74, 6) is 0.898. The predicted molar refractivity (Wildman–Crippen MR) is 89.3 cm³/mol. The molecule has 0 aromatic heterocycles. The SMILES string of the molecule is C[C@@H]1CN(C(=O)C2(c3ccccc3)CC2)C[C@@H]1N1CCOCC1. The molecule has 1 aromatic rings. The Morgan fingerprint density at radius 2 is 1.83 bits per heavy atom. The Bertz CT molecular complexity index is 564. The highest BCUT2D eigenvalue weighted by atomic mass is 16.5. The van der Waals surface area contributed by atoms with Crippen LogP contribution in [0, 0.1) is 5.92 Å². The van der Waals surface area contributed by atoms with Crippen LogP contribution in [0.2, 0.25) is 0 Å². The molecule has 2 saturated heterocycles. The Morgan fingerprint density at radius 1 is 1.13 bits per heavy atom.